The molecule has 1 aliphatic rings. The number of carbonyl (C=O) groups excluding carboxylic acids is 2. The van der Waals surface area contributed by atoms with Crippen LogP contribution in [0.15, 0.2) is 30.6 Å². The van der Waals surface area contributed by atoms with Gasteiger partial charge in [-0.3, -0.25) is 14.3 Å². The molecule has 1 saturated heterocycles. The number of nitrogens with zero attached hydrogens (tertiary/aromatic N) is 3. The lowest BCUT2D eigenvalue weighted by Gasteiger charge is -2.20. The summed E-state index contributed by atoms with van der Waals surface area (Å²) in [6.45, 7) is 4.13. The van der Waals surface area contributed by atoms with E-state index in [-0.39, 0.29) is 42.4 Å². The smallest absolute Gasteiger partial charge is 0.266 e. The molecule has 1 aromatic carbocycles. The van der Waals surface area contributed by atoms with Crippen LogP contribution in [0, 0.1) is 5.82 Å². The molecule has 0 saturated carbocycles. The molecule has 2 heterocycles. The molecule has 2 aromatic rings. The Labute approximate surface area is 161 Å². The Bertz CT molecular complexity index is 883. The lowest BCUT2D eigenvalue weighted by atomic mass is 9.92. The van der Waals surface area contributed by atoms with Crippen molar-refractivity contribution in [2.24, 2.45) is 0 Å². The second-order valence-electron chi connectivity index (χ2n) is 6.98. The molecule has 0 aliphatic carbocycles. The molecule has 1 N–H and O–H groups in total. The molecule has 0 radical (unpaired) electrons. The number of aryl methyl sites for hydroxylation is 1. The van der Waals surface area contributed by atoms with Gasteiger partial charge in [0.05, 0.1) is 16.9 Å². The molecule has 144 valence electrons. The van der Waals surface area contributed by atoms with E-state index in [0.717, 1.165) is 0 Å². The molecule has 1 aromatic heterocycles. The summed E-state index contributed by atoms with van der Waals surface area (Å²) in [5, 5.41) is 14.8. The fourth-order valence-electron chi connectivity index (χ4n) is 3.16. The quantitative estimate of drug-likeness (QED) is 0.765. The molecule has 8 heteroatoms. The largest absolute Gasteiger partial charge is 0.373 e. The number of carbonyl (C=O) groups is 2. The number of Topliss-reactive ketones (excluding diaryl/α,β-unsaturated/α-hetero) is 1. The van der Waals surface area contributed by atoms with Gasteiger partial charge in [-0.2, -0.15) is 5.10 Å². The number of amides is 1. The maximum Gasteiger partial charge on any atom is 0.266 e. The highest BCUT2D eigenvalue weighted by Crippen LogP contribution is 2.30. The number of hydrogen-bond acceptors (Lipinski definition) is 4. The summed E-state index contributed by atoms with van der Waals surface area (Å²) >= 11 is 5.74. The van der Waals surface area contributed by atoms with Gasteiger partial charge in [0.25, 0.3) is 5.91 Å². The average molecular weight is 394 g/mol. The number of rotatable bonds is 6. The van der Waals surface area contributed by atoms with Crippen LogP contribution >= 0.6 is 11.6 Å². The minimum atomic E-state index is -2.09. The predicted molar refractivity (Wildman–Crippen MR) is 99.3 cm³/mol. The van der Waals surface area contributed by atoms with Gasteiger partial charge in [-0.1, -0.05) is 23.7 Å². The summed E-state index contributed by atoms with van der Waals surface area (Å²) in [7, 11) is 0. The summed E-state index contributed by atoms with van der Waals surface area (Å²) in [5.41, 5.74) is -1.27. The van der Waals surface area contributed by atoms with Crippen molar-refractivity contribution in [1.29, 1.82) is 0 Å². The minimum Gasteiger partial charge on any atom is -0.373 e. The van der Waals surface area contributed by atoms with Crippen LogP contribution in [-0.2, 0) is 16.0 Å². The zero-order valence-electron chi connectivity index (χ0n) is 15.2. The van der Waals surface area contributed by atoms with Gasteiger partial charge in [0.1, 0.15) is 5.82 Å². The summed E-state index contributed by atoms with van der Waals surface area (Å²) in [6, 6.07) is 4.67. The third-order valence-corrected chi connectivity index (χ3v) is 5.13. The lowest BCUT2D eigenvalue weighted by Crippen LogP contribution is -2.47. The van der Waals surface area contributed by atoms with Crippen LogP contribution < -0.4 is 4.90 Å². The van der Waals surface area contributed by atoms with Gasteiger partial charge in [-0.15, -0.1) is 0 Å². The molecule has 0 unspecified atom stereocenters. The van der Waals surface area contributed by atoms with Gasteiger partial charge >= 0.3 is 0 Å². The SMILES string of the molecule is CC(C)n1cc(N2CC[C@](O)(C(=O)CCc3cccc(Cl)c3F)C2=O)cn1. The van der Waals surface area contributed by atoms with Crippen molar-refractivity contribution in [3.63, 3.8) is 0 Å². The maximum atomic E-state index is 14.0. The van der Waals surface area contributed by atoms with E-state index in [1.54, 1.807) is 16.9 Å². The summed E-state index contributed by atoms with van der Waals surface area (Å²) in [6.07, 6.45) is 3.15. The summed E-state index contributed by atoms with van der Waals surface area (Å²) < 4.78 is 15.7. The van der Waals surface area contributed by atoms with E-state index in [2.05, 4.69) is 5.10 Å². The van der Waals surface area contributed by atoms with Gasteiger partial charge in [-0.05, 0) is 31.9 Å². The predicted octanol–water partition coefficient (Wildman–Crippen LogP) is 2.93. The molecule has 0 bridgehead atoms. The monoisotopic (exact) mass is 393 g/mol. The minimum absolute atomic E-state index is 0.00441. The fraction of sp³-hybridized carbons (Fsp3) is 0.421. The molecule has 27 heavy (non-hydrogen) atoms. The van der Waals surface area contributed by atoms with Crippen LogP contribution in [0.4, 0.5) is 10.1 Å². The third-order valence-electron chi connectivity index (χ3n) is 4.84. The Morgan fingerprint density at radius 1 is 1.44 bits per heavy atom. The normalized spacial score (nSPS) is 19.9. The third kappa shape index (κ3) is 3.61. The second-order valence-corrected chi connectivity index (χ2v) is 7.38. The van der Waals surface area contributed by atoms with Crippen molar-refractivity contribution in [3.05, 3.63) is 47.0 Å². The van der Waals surface area contributed by atoms with E-state index < -0.39 is 23.1 Å². The molecule has 1 aliphatic heterocycles. The van der Waals surface area contributed by atoms with Gasteiger partial charge in [0.2, 0.25) is 5.60 Å². The van der Waals surface area contributed by atoms with E-state index in [1.807, 2.05) is 13.8 Å². The standard InChI is InChI=1S/C19H21ClFN3O3/c1-12(2)24-11-14(10-22-24)23-9-8-19(27,18(23)26)16(25)7-6-13-4-3-5-15(20)17(13)21/h3-5,10-12,27H,6-9H2,1-2H3/t19-/m0/s1. The van der Waals surface area contributed by atoms with Crippen LogP contribution in [-0.4, -0.2) is 38.7 Å². The first-order chi connectivity index (χ1) is 12.7. The van der Waals surface area contributed by atoms with Crippen molar-refractivity contribution in [1.82, 2.24) is 9.78 Å². The molecule has 1 amide bonds. The molecular weight excluding hydrogens is 373 g/mol. The molecule has 1 fully saturated rings. The van der Waals surface area contributed by atoms with Crippen molar-refractivity contribution < 1.29 is 19.1 Å². The molecule has 1 atom stereocenters. The number of anilines is 1. The van der Waals surface area contributed by atoms with Crippen LogP contribution in [0.1, 0.15) is 38.3 Å². The number of aromatic nitrogens is 2. The van der Waals surface area contributed by atoms with E-state index in [4.69, 9.17) is 11.6 Å². The second kappa shape index (κ2) is 7.40. The van der Waals surface area contributed by atoms with Crippen molar-refractivity contribution in [2.45, 2.75) is 44.8 Å². The van der Waals surface area contributed by atoms with E-state index in [0.29, 0.717) is 5.69 Å². The molecular formula is C19H21ClFN3O3. The lowest BCUT2D eigenvalue weighted by molar-refractivity contribution is -0.147. The van der Waals surface area contributed by atoms with Crippen molar-refractivity contribution in [2.75, 3.05) is 11.4 Å². The van der Waals surface area contributed by atoms with Crippen molar-refractivity contribution >= 4 is 29.0 Å². The van der Waals surface area contributed by atoms with Crippen molar-refractivity contribution in [3.8, 4) is 0 Å². The van der Waals surface area contributed by atoms with E-state index in [9.17, 15) is 19.1 Å². The zero-order valence-corrected chi connectivity index (χ0v) is 15.9. The Morgan fingerprint density at radius 2 is 2.19 bits per heavy atom. The summed E-state index contributed by atoms with van der Waals surface area (Å²) in [5.74, 6) is -1.87. The number of benzene rings is 1. The highest BCUT2D eigenvalue weighted by molar-refractivity contribution is 6.30. The van der Waals surface area contributed by atoms with E-state index >= 15 is 0 Å². The zero-order chi connectivity index (χ0) is 19.8. The van der Waals surface area contributed by atoms with Crippen LogP contribution in [0.2, 0.25) is 5.02 Å². The Balaban J connectivity index is 1.71. The number of halogens is 2. The highest BCUT2D eigenvalue weighted by atomic mass is 35.5. The molecule has 3 rings (SSSR count). The Morgan fingerprint density at radius 3 is 2.85 bits per heavy atom. The Kier molecular flexibility index (Phi) is 5.35. The first-order valence-corrected chi connectivity index (χ1v) is 9.16. The molecule has 0 spiro atoms. The first kappa shape index (κ1) is 19.5. The summed E-state index contributed by atoms with van der Waals surface area (Å²) in [4.78, 5) is 26.6. The van der Waals surface area contributed by atoms with Crippen LogP contribution in [0.5, 0.6) is 0 Å². The van der Waals surface area contributed by atoms with Crippen LogP contribution in [0.25, 0.3) is 0 Å². The topological polar surface area (TPSA) is 75.4 Å². The maximum absolute atomic E-state index is 14.0. The average Bonchev–Trinajstić information content (AvgIpc) is 3.22. The van der Waals surface area contributed by atoms with Crippen LogP contribution in [0.3, 0.4) is 0 Å². The number of aliphatic hydroxyl groups is 1. The number of ketones is 1. The fourth-order valence-corrected chi connectivity index (χ4v) is 3.35. The van der Waals surface area contributed by atoms with Gasteiger partial charge in [-0.25, -0.2) is 4.39 Å². The highest BCUT2D eigenvalue weighted by Gasteiger charge is 2.51. The van der Waals surface area contributed by atoms with Gasteiger partial charge in [0.15, 0.2) is 5.78 Å². The van der Waals surface area contributed by atoms with E-state index in [1.165, 1.54) is 23.2 Å². The molecule has 6 nitrogen and oxygen atoms in total. The first-order valence-electron chi connectivity index (χ1n) is 8.78. The number of hydrogen-bond donors (Lipinski definition) is 1. The van der Waals surface area contributed by atoms with Gasteiger partial charge < -0.3 is 10.0 Å². The van der Waals surface area contributed by atoms with Gasteiger partial charge in [0, 0.05) is 31.6 Å². The Hall–Kier alpha value is -2.25.